The van der Waals surface area contributed by atoms with Crippen molar-refractivity contribution in [1.82, 2.24) is 10.2 Å². The smallest absolute Gasteiger partial charge is 0.194 e. The zero-order valence-corrected chi connectivity index (χ0v) is 16.4. The van der Waals surface area contributed by atoms with Crippen molar-refractivity contribution < 1.29 is 9.47 Å². The second kappa shape index (κ2) is 10.6. The van der Waals surface area contributed by atoms with Crippen LogP contribution in [0.4, 0.5) is 0 Å². The van der Waals surface area contributed by atoms with Crippen LogP contribution >= 0.6 is 24.0 Å². The summed E-state index contributed by atoms with van der Waals surface area (Å²) in [6.07, 6.45) is 6.97. The van der Waals surface area contributed by atoms with Crippen LogP contribution in [-0.2, 0) is 9.47 Å². The van der Waals surface area contributed by atoms with E-state index in [-0.39, 0.29) is 24.0 Å². The largest absolute Gasteiger partial charge is 0.382 e. The number of halogens is 1. The lowest BCUT2D eigenvalue weighted by molar-refractivity contribution is 0.0747. The van der Waals surface area contributed by atoms with Gasteiger partial charge in [0.05, 0.1) is 26.4 Å². The topological polar surface area (TPSA) is 46.1 Å². The standard InChI is InChI=1S/C16H31N3O2.HI/c1-3-17-15(18-9-11-21-13-12-20-2)19-10-8-16(14-19)6-4-5-7-16;/h3-14H2,1-2H3,(H,17,18);1H. The van der Waals surface area contributed by atoms with E-state index in [0.29, 0.717) is 25.2 Å². The Morgan fingerprint density at radius 3 is 2.64 bits per heavy atom. The molecule has 1 N–H and O–H groups in total. The van der Waals surface area contributed by atoms with Crippen molar-refractivity contribution in [3.8, 4) is 0 Å². The second-order valence-electron chi connectivity index (χ2n) is 6.22. The van der Waals surface area contributed by atoms with Gasteiger partial charge in [0.25, 0.3) is 0 Å². The van der Waals surface area contributed by atoms with E-state index in [1.54, 1.807) is 7.11 Å². The SMILES string of the molecule is CCNC(=NCCOCCOC)N1CCC2(CCCC2)C1.I. The number of methoxy groups -OCH3 is 1. The molecule has 22 heavy (non-hydrogen) atoms. The summed E-state index contributed by atoms with van der Waals surface area (Å²) in [7, 11) is 1.69. The predicted molar refractivity (Wildman–Crippen MR) is 101 cm³/mol. The van der Waals surface area contributed by atoms with Gasteiger partial charge in [0, 0.05) is 26.7 Å². The van der Waals surface area contributed by atoms with Gasteiger partial charge in [-0.3, -0.25) is 4.99 Å². The molecule has 1 heterocycles. The molecule has 0 radical (unpaired) electrons. The Labute approximate surface area is 152 Å². The minimum Gasteiger partial charge on any atom is -0.382 e. The third kappa shape index (κ3) is 5.85. The van der Waals surface area contributed by atoms with E-state index in [1.807, 2.05) is 0 Å². The van der Waals surface area contributed by atoms with Gasteiger partial charge in [-0.1, -0.05) is 12.8 Å². The Balaban J connectivity index is 0.00000242. The summed E-state index contributed by atoms with van der Waals surface area (Å²) in [4.78, 5) is 7.16. The van der Waals surface area contributed by atoms with Crippen LogP contribution in [0.25, 0.3) is 0 Å². The zero-order chi connectivity index (χ0) is 15.0. The molecule has 6 heteroatoms. The molecule has 1 aliphatic carbocycles. The second-order valence-corrected chi connectivity index (χ2v) is 6.22. The van der Waals surface area contributed by atoms with Crippen LogP contribution in [-0.4, -0.2) is 64.0 Å². The maximum atomic E-state index is 5.48. The van der Waals surface area contributed by atoms with E-state index in [2.05, 4.69) is 17.1 Å². The van der Waals surface area contributed by atoms with Gasteiger partial charge >= 0.3 is 0 Å². The lowest BCUT2D eigenvalue weighted by atomic mass is 9.86. The van der Waals surface area contributed by atoms with Gasteiger partial charge in [0.2, 0.25) is 0 Å². The molecule has 0 aromatic rings. The molecule has 2 rings (SSSR count). The number of aliphatic imine (C=N–C) groups is 1. The minimum atomic E-state index is 0. The maximum Gasteiger partial charge on any atom is 0.194 e. The number of hydrogen-bond acceptors (Lipinski definition) is 3. The molecule has 2 fully saturated rings. The van der Waals surface area contributed by atoms with Gasteiger partial charge in [-0.05, 0) is 31.6 Å². The number of nitrogens with zero attached hydrogens (tertiary/aromatic N) is 2. The van der Waals surface area contributed by atoms with Crippen molar-refractivity contribution in [2.24, 2.45) is 10.4 Å². The highest BCUT2D eigenvalue weighted by atomic mass is 127. The molecular formula is C16H32IN3O2. The number of hydrogen-bond donors (Lipinski definition) is 1. The Morgan fingerprint density at radius 2 is 1.95 bits per heavy atom. The summed E-state index contributed by atoms with van der Waals surface area (Å²) < 4.78 is 10.4. The van der Waals surface area contributed by atoms with Crippen LogP contribution < -0.4 is 5.32 Å². The normalized spacial score (nSPS) is 20.5. The van der Waals surface area contributed by atoms with E-state index in [1.165, 1.54) is 38.6 Å². The third-order valence-electron chi connectivity index (χ3n) is 4.67. The number of guanidine groups is 1. The summed E-state index contributed by atoms with van der Waals surface area (Å²) in [5, 5.41) is 3.43. The van der Waals surface area contributed by atoms with Crippen LogP contribution in [0, 0.1) is 5.41 Å². The van der Waals surface area contributed by atoms with Crippen LogP contribution in [0.2, 0.25) is 0 Å². The number of likely N-dealkylation sites (tertiary alicyclic amines) is 1. The lowest BCUT2D eigenvalue weighted by Crippen LogP contribution is -2.41. The van der Waals surface area contributed by atoms with Gasteiger partial charge in [-0.2, -0.15) is 0 Å². The monoisotopic (exact) mass is 425 g/mol. The van der Waals surface area contributed by atoms with Crippen molar-refractivity contribution in [1.29, 1.82) is 0 Å². The van der Waals surface area contributed by atoms with Gasteiger partial charge in [0.1, 0.15) is 0 Å². The van der Waals surface area contributed by atoms with E-state index < -0.39 is 0 Å². The van der Waals surface area contributed by atoms with Crippen LogP contribution in [0.15, 0.2) is 4.99 Å². The predicted octanol–water partition coefficient (Wildman–Crippen LogP) is 2.50. The molecule has 0 atom stereocenters. The Kier molecular flexibility index (Phi) is 9.66. The van der Waals surface area contributed by atoms with Crippen molar-refractivity contribution in [2.75, 3.05) is 53.1 Å². The Morgan fingerprint density at radius 1 is 1.18 bits per heavy atom. The van der Waals surface area contributed by atoms with E-state index in [9.17, 15) is 0 Å². The highest BCUT2D eigenvalue weighted by molar-refractivity contribution is 14.0. The molecule has 0 aromatic heterocycles. The molecule has 1 saturated carbocycles. The molecule has 2 aliphatic rings. The highest BCUT2D eigenvalue weighted by Gasteiger charge is 2.40. The van der Waals surface area contributed by atoms with Gasteiger partial charge in [0.15, 0.2) is 5.96 Å². The van der Waals surface area contributed by atoms with E-state index >= 15 is 0 Å². The van der Waals surface area contributed by atoms with E-state index in [0.717, 1.165) is 25.6 Å². The van der Waals surface area contributed by atoms with Gasteiger partial charge < -0.3 is 19.7 Å². The molecule has 130 valence electrons. The third-order valence-corrected chi connectivity index (χ3v) is 4.67. The van der Waals surface area contributed by atoms with Crippen LogP contribution in [0.3, 0.4) is 0 Å². The summed E-state index contributed by atoms with van der Waals surface area (Å²) in [6.45, 7) is 8.07. The molecule has 1 saturated heterocycles. The van der Waals surface area contributed by atoms with Gasteiger partial charge in [-0.15, -0.1) is 24.0 Å². The molecule has 1 spiro atoms. The van der Waals surface area contributed by atoms with Crippen molar-refractivity contribution in [3.05, 3.63) is 0 Å². The van der Waals surface area contributed by atoms with Crippen LogP contribution in [0.5, 0.6) is 0 Å². The summed E-state index contributed by atoms with van der Waals surface area (Å²) in [5.41, 5.74) is 0.588. The van der Waals surface area contributed by atoms with Crippen LogP contribution in [0.1, 0.15) is 39.0 Å². The lowest BCUT2D eigenvalue weighted by Gasteiger charge is -2.25. The number of rotatable bonds is 7. The first kappa shape index (κ1) is 20.0. The van der Waals surface area contributed by atoms with E-state index in [4.69, 9.17) is 14.5 Å². The van der Waals surface area contributed by atoms with Crippen molar-refractivity contribution >= 4 is 29.9 Å². The summed E-state index contributed by atoms with van der Waals surface area (Å²) in [6, 6.07) is 0. The molecule has 0 amide bonds. The minimum absolute atomic E-state index is 0. The van der Waals surface area contributed by atoms with Crippen molar-refractivity contribution in [2.45, 2.75) is 39.0 Å². The molecule has 0 unspecified atom stereocenters. The molecule has 5 nitrogen and oxygen atoms in total. The van der Waals surface area contributed by atoms with Crippen molar-refractivity contribution in [3.63, 3.8) is 0 Å². The first-order valence-corrected chi connectivity index (χ1v) is 8.40. The average Bonchev–Trinajstić information content (AvgIpc) is 3.12. The average molecular weight is 425 g/mol. The fourth-order valence-corrected chi connectivity index (χ4v) is 3.54. The first-order valence-electron chi connectivity index (χ1n) is 8.40. The highest BCUT2D eigenvalue weighted by Crippen LogP contribution is 2.45. The molecule has 0 bridgehead atoms. The number of nitrogens with one attached hydrogen (secondary N) is 1. The Bertz CT molecular complexity index is 333. The summed E-state index contributed by atoms with van der Waals surface area (Å²) >= 11 is 0. The van der Waals surface area contributed by atoms with Gasteiger partial charge in [-0.25, -0.2) is 0 Å². The number of ether oxygens (including phenoxy) is 2. The fourth-order valence-electron chi connectivity index (χ4n) is 3.54. The maximum absolute atomic E-state index is 5.48. The summed E-state index contributed by atoms with van der Waals surface area (Å²) in [5.74, 6) is 1.07. The zero-order valence-electron chi connectivity index (χ0n) is 14.1. The fraction of sp³-hybridized carbons (Fsp3) is 0.938. The molecule has 0 aromatic carbocycles. The first-order chi connectivity index (χ1) is 10.3. The quantitative estimate of drug-likeness (QED) is 0.295. The Hall–Kier alpha value is -0.0800. The molecule has 1 aliphatic heterocycles. The molecular weight excluding hydrogens is 393 g/mol.